The van der Waals surface area contributed by atoms with Crippen molar-refractivity contribution in [3.05, 3.63) is 71.9 Å². The number of ether oxygens (including phenoxy) is 1. The van der Waals surface area contributed by atoms with Crippen molar-refractivity contribution in [2.45, 2.75) is 75.5 Å². The van der Waals surface area contributed by atoms with Crippen molar-refractivity contribution in [3.63, 3.8) is 0 Å². The normalized spacial score (nSPS) is 24.3. The van der Waals surface area contributed by atoms with E-state index >= 15 is 0 Å². The van der Waals surface area contributed by atoms with Crippen molar-refractivity contribution in [1.82, 2.24) is 45.5 Å². The lowest BCUT2D eigenvalue weighted by Gasteiger charge is -2.38. The number of carbonyl (C=O) groups excluding carboxylic acids is 4. The highest BCUT2D eigenvalue weighted by molar-refractivity contribution is 6.14. The van der Waals surface area contributed by atoms with Gasteiger partial charge in [0.1, 0.15) is 22.8 Å². The van der Waals surface area contributed by atoms with Gasteiger partial charge in [0.05, 0.1) is 48.5 Å². The lowest BCUT2D eigenvalue weighted by Crippen LogP contribution is -2.50. The minimum atomic E-state index is -3.09. The summed E-state index contributed by atoms with van der Waals surface area (Å²) >= 11 is 0. The number of hydrogen-bond acceptors (Lipinski definition) is 14. The number of nitrogens with zero attached hydrogens (tertiary/aromatic N) is 7. The zero-order valence-corrected chi connectivity index (χ0v) is 35.6. The Morgan fingerprint density at radius 2 is 1.82 bits per heavy atom. The third kappa shape index (κ3) is 8.76. The minimum absolute atomic E-state index is 0.00327. The van der Waals surface area contributed by atoms with E-state index in [9.17, 15) is 28.0 Å². The van der Waals surface area contributed by atoms with E-state index in [1.54, 1.807) is 12.3 Å². The van der Waals surface area contributed by atoms with Gasteiger partial charge in [-0.2, -0.15) is 5.10 Å². The topological polar surface area (TPSA) is 215 Å². The molecule has 1 aliphatic carbocycles. The van der Waals surface area contributed by atoms with Gasteiger partial charge < -0.3 is 35.0 Å². The van der Waals surface area contributed by atoms with Crippen molar-refractivity contribution in [2.75, 3.05) is 62.6 Å². The lowest BCUT2D eigenvalue weighted by atomic mass is 9.85. The van der Waals surface area contributed by atoms with Gasteiger partial charge in [-0.25, -0.2) is 18.3 Å². The summed E-state index contributed by atoms with van der Waals surface area (Å²) in [6.45, 7) is 5.64. The molecule has 4 aliphatic heterocycles. The SMILES string of the molecule is N=C(/C(=C\NC1CCC(CN2CCN(CC(=O)Nc3cccc4c3ccc3onc(C5CCC(=O)NC5=O)c34)CC2)CC1)NC(=O)c1cnn2ccc(N3C[C@H]4C[C@@H]3CO4)nc12)C(F)F. The number of amides is 4. The van der Waals surface area contributed by atoms with Gasteiger partial charge >= 0.3 is 0 Å². The monoisotopic (exact) mass is 892 g/mol. The van der Waals surface area contributed by atoms with E-state index in [0.29, 0.717) is 59.3 Å². The number of morpholine rings is 1. The Morgan fingerprint density at radius 1 is 1.00 bits per heavy atom. The predicted octanol–water partition coefficient (Wildman–Crippen LogP) is 3.78. The van der Waals surface area contributed by atoms with Crippen LogP contribution in [0.2, 0.25) is 0 Å². The Hall–Kier alpha value is -6.38. The quantitative estimate of drug-likeness (QED) is 0.0842. The van der Waals surface area contributed by atoms with E-state index in [4.69, 9.17) is 19.7 Å². The molecule has 4 amide bonds. The zero-order valence-electron chi connectivity index (χ0n) is 35.6. The largest absolute Gasteiger partial charge is 0.386 e. The molecule has 7 heterocycles. The van der Waals surface area contributed by atoms with Crippen LogP contribution in [-0.2, 0) is 19.1 Å². The number of allylic oxidation sites excluding steroid dienone is 1. The maximum atomic E-state index is 13.9. The van der Waals surface area contributed by atoms with Crippen molar-refractivity contribution in [2.24, 2.45) is 5.92 Å². The summed E-state index contributed by atoms with van der Waals surface area (Å²) < 4.78 is 40.5. The first-order valence-electron chi connectivity index (χ1n) is 22.3. The van der Waals surface area contributed by atoms with Crippen LogP contribution in [0.15, 0.2) is 65.2 Å². The number of halogens is 2. The zero-order chi connectivity index (χ0) is 44.8. The van der Waals surface area contributed by atoms with Crippen molar-refractivity contribution < 1.29 is 37.2 Å². The van der Waals surface area contributed by atoms with Gasteiger partial charge in [-0.15, -0.1) is 0 Å². The van der Waals surface area contributed by atoms with Crippen molar-refractivity contribution in [3.8, 4) is 0 Å². The molecule has 1 saturated carbocycles. The summed E-state index contributed by atoms with van der Waals surface area (Å²) in [6, 6.07) is 11.3. The van der Waals surface area contributed by atoms with Crippen LogP contribution in [0.4, 0.5) is 20.3 Å². The second-order valence-electron chi connectivity index (χ2n) is 17.8. The van der Waals surface area contributed by atoms with Crippen LogP contribution in [-0.4, -0.2) is 136 Å². The Morgan fingerprint density at radius 3 is 2.57 bits per heavy atom. The highest BCUT2D eigenvalue weighted by Gasteiger charge is 2.40. The molecular formula is C45H50F2N12O6. The van der Waals surface area contributed by atoms with Crippen LogP contribution in [0, 0.1) is 11.3 Å². The smallest absolute Gasteiger partial charge is 0.281 e. The summed E-state index contributed by atoms with van der Waals surface area (Å²) in [5.74, 6) is -0.963. The maximum absolute atomic E-state index is 13.9. The molecule has 0 radical (unpaired) electrons. The average molecular weight is 893 g/mol. The number of alkyl halides is 2. The fourth-order valence-corrected chi connectivity index (χ4v) is 10.1. The van der Waals surface area contributed by atoms with Gasteiger partial charge in [-0.3, -0.25) is 34.8 Å². The Labute approximate surface area is 371 Å². The highest BCUT2D eigenvalue weighted by atomic mass is 19.3. The molecular weight excluding hydrogens is 843 g/mol. The first-order chi connectivity index (χ1) is 31.5. The summed E-state index contributed by atoms with van der Waals surface area (Å²) in [7, 11) is 0. The number of rotatable bonds is 13. The molecule has 2 bridgehead atoms. The van der Waals surface area contributed by atoms with Gasteiger partial charge in [0, 0.05) is 75.2 Å². The molecule has 5 N–H and O–H groups in total. The molecule has 20 heteroatoms. The van der Waals surface area contributed by atoms with Gasteiger partial charge in [-0.05, 0) is 74.1 Å². The summed E-state index contributed by atoms with van der Waals surface area (Å²) in [5, 5.41) is 30.1. The first-order valence-corrected chi connectivity index (χ1v) is 22.3. The number of benzene rings is 2. The van der Waals surface area contributed by atoms with Gasteiger partial charge in [-0.1, -0.05) is 17.3 Å². The van der Waals surface area contributed by atoms with Crippen LogP contribution in [0.3, 0.4) is 0 Å². The molecule has 4 saturated heterocycles. The molecule has 5 aromatic rings. The second kappa shape index (κ2) is 17.9. The summed E-state index contributed by atoms with van der Waals surface area (Å²) in [4.78, 5) is 62.8. The van der Waals surface area contributed by atoms with Crippen molar-refractivity contribution >= 4 is 68.2 Å². The minimum Gasteiger partial charge on any atom is -0.386 e. The molecule has 10 rings (SSSR count). The summed E-state index contributed by atoms with van der Waals surface area (Å²) in [6.07, 6.45) is 6.45. The van der Waals surface area contributed by atoms with Crippen LogP contribution in [0.1, 0.15) is 66.9 Å². The first kappa shape index (κ1) is 42.6. The number of nitrogens with one attached hydrogen (secondary N) is 5. The maximum Gasteiger partial charge on any atom is 0.281 e. The van der Waals surface area contributed by atoms with E-state index in [0.717, 1.165) is 75.6 Å². The molecule has 5 fully saturated rings. The van der Waals surface area contributed by atoms with E-state index in [1.165, 1.54) is 16.9 Å². The number of imide groups is 1. The number of anilines is 2. The Kier molecular flexibility index (Phi) is 11.7. The number of carbonyl (C=O) groups is 4. The van der Waals surface area contributed by atoms with Crippen LogP contribution >= 0.6 is 0 Å². The second-order valence-corrected chi connectivity index (χ2v) is 17.8. The average Bonchev–Trinajstić information content (AvgIpc) is 4.13. The molecule has 1 unspecified atom stereocenters. The molecule has 3 atom stereocenters. The number of piperazine rings is 1. The van der Waals surface area contributed by atoms with E-state index in [2.05, 4.69) is 46.2 Å². The molecule has 2 aromatic carbocycles. The molecule has 65 heavy (non-hydrogen) atoms. The Bertz CT molecular complexity index is 2710. The van der Waals surface area contributed by atoms with Crippen LogP contribution < -0.4 is 26.2 Å². The third-order valence-electron chi connectivity index (χ3n) is 13.6. The lowest BCUT2D eigenvalue weighted by molar-refractivity contribution is -0.134. The van der Waals surface area contributed by atoms with E-state index in [-0.39, 0.29) is 54.2 Å². The van der Waals surface area contributed by atoms with Crippen LogP contribution in [0.5, 0.6) is 0 Å². The third-order valence-corrected chi connectivity index (χ3v) is 13.6. The number of fused-ring (bicyclic) bond motifs is 6. The predicted molar refractivity (Wildman–Crippen MR) is 235 cm³/mol. The summed E-state index contributed by atoms with van der Waals surface area (Å²) in [5.41, 5.74) is 0.775. The molecule has 5 aliphatic rings. The number of piperidine rings is 1. The number of aromatic nitrogens is 4. The fraction of sp³-hybridized carbons (Fsp3) is 0.467. The van der Waals surface area contributed by atoms with Crippen molar-refractivity contribution in [1.29, 1.82) is 5.41 Å². The fourth-order valence-electron chi connectivity index (χ4n) is 10.1. The molecule has 18 nitrogen and oxygen atoms in total. The van der Waals surface area contributed by atoms with Gasteiger partial charge in [0.25, 0.3) is 12.3 Å². The molecule has 340 valence electrons. The Balaban J connectivity index is 0.694. The highest BCUT2D eigenvalue weighted by Crippen LogP contribution is 2.37. The van der Waals surface area contributed by atoms with Gasteiger partial charge in [0.15, 0.2) is 11.2 Å². The number of hydrogen-bond donors (Lipinski definition) is 5. The van der Waals surface area contributed by atoms with E-state index in [1.807, 2.05) is 30.3 Å². The van der Waals surface area contributed by atoms with E-state index < -0.39 is 29.9 Å². The standard InChI is InChI=1S/C45H50F2N12O6/c46-42(47)40(48)34(52-45(63)32-19-50-59-13-12-36(53-43(32)59)58-22-28-18-27(58)24-64-28)20-49-26-6-4-25(5-7-26)21-56-14-16-57(17-15-56)23-38(61)51-33-3-1-2-30-29(33)8-10-35-39(30)41(55-65-35)31-9-11-37(60)54-44(31)62/h1-3,8,10,12-13,19-20,25-28,31,42,48-49H,4-7,9,11,14-18,21-24H2,(H,51,61)(H,52,63)(H,54,60,62)/b34-20+,48-40?/t25?,26?,27-,28-,31?/m1/s1. The van der Waals surface area contributed by atoms with Crippen LogP contribution in [0.25, 0.3) is 27.4 Å². The van der Waals surface area contributed by atoms with Gasteiger partial charge in [0.2, 0.25) is 17.7 Å². The molecule has 0 spiro atoms. The molecule has 3 aromatic heterocycles.